The van der Waals surface area contributed by atoms with Crippen molar-refractivity contribution in [1.29, 1.82) is 0 Å². The first kappa shape index (κ1) is 27.9. The molecule has 0 radical (unpaired) electrons. The molecule has 1 saturated heterocycles. The Labute approximate surface area is 239 Å². The number of halogens is 1. The Morgan fingerprint density at radius 1 is 1.18 bits per heavy atom. The molecule has 0 amide bonds. The van der Waals surface area contributed by atoms with Crippen LogP contribution in [0.3, 0.4) is 0 Å². The topological polar surface area (TPSA) is 69.1 Å². The van der Waals surface area contributed by atoms with E-state index in [1.165, 1.54) is 12.5 Å². The fourth-order valence-electron chi connectivity index (χ4n) is 5.71. The summed E-state index contributed by atoms with van der Waals surface area (Å²) < 4.78 is 20.8. The number of piperazine rings is 1. The van der Waals surface area contributed by atoms with Crippen molar-refractivity contribution in [2.24, 2.45) is 5.41 Å². The van der Waals surface area contributed by atoms with Crippen LogP contribution in [0.2, 0.25) is 0 Å². The SMILES string of the molecule is CO[C@@H](C)c1ncc(N2CCN(C)CC2)cc1-c1c(CC(C)(C)COC(C)=O)c2cc(Br)cc3c2n1CCO3. The lowest BCUT2D eigenvalue weighted by Crippen LogP contribution is -2.44. The van der Waals surface area contributed by atoms with Crippen molar-refractivity contribution >= 4 is 38.5 Å². The molecule has 0 spiro atoms. The van der Waals surface area contributed by atoms with Gasteiger partial charge < -0.3 is 28.6 Å². The van der Waals surface area contributed by atoms with Gasteiger partial charge in [-0.1, -0.05) is 29.8 Å². The van der Waals surface area contributed by atoms with Gasteiger partial charge in [-0.2, -0.15) is 0 Å². The largest absolute Gasteiger partial charge is 0.489 e. The van der Waals surface area contributed by atoms with Crippen LogP contribution >= 0.6 is 15.9 Å². The van der Waals surface area contributed by atoms with Crippen LogP contribution < -0.4 is 9.64 Å². The molecule has 9 heteroatoms. The number of hydrogen-bond acceptors (Lipinski definition) is 7. The molecule has 39 heavy (non-hydrogen) atoms. The van der Waals surface area contributed by atoms with Gasteiger partial charge >= 0.3 is 5.97 Å². The van der Waals surface area contributed by atoms with Gasteiger partial charge in [0.2, 0.25) is 0 Å². The number of esters is 1. The lowest BCUT2D eigenvalue weighted by atomic mass is 9.84. The maximum Gasteiger partial charge on any atom is 0.302 e. The molecule has 5 rings (SSSR count). The lowest BCUT2D eigenvalue weighted by molar-refractivity contribution is -0.143. The molecule has 2 aliphatic heterocycles. The van der Waals surface area contributed by atoms with E-state index in [0.29, 0.717) is 19.6 Å². The molecule has 210 valence electrons. The Hall–Kier alpha value is -2.62. The third kappa shape index (κ3) is 5.67. The minimum absolute atomic E-state index is 0.180. The number of methoxy groups -OCH3 is 1. The molecule has 2 aromatic heterocycles. The van der Waals surface area contributed by atoms with Crippen molar-refractivity contribution < 1.29 is 19.0 Å². The Morgan fingerprint density at radius 2 is 1.92 bits per heavy atom. The van der Waals surface area contributed by atoms with E-state index in [4.69, 9.17) is 19.2 Å². The molecule has 3 aromatic rings. The third-order valence-electron chi connectivity index (χ3n) is 7.85. The predicted molar refractivity (Wildman–Crippen MR) is 158 cm³/mol. The number of carbonyl (C=O) groups is 1. The Kier molecular flexibility index (Phi) is 7.95. The van der Waals surface area contributed by atoms with Crippen molar-refractivity contribution in [1.82, 2.24) is 14.5 Å². The van der Waals surface area contributed by atoms with Crippen molar-refractivity contribution in [3.63, 3.8) is 0 Å². The first-order chi connectivity index (χ1) is 18.6. The van der Waals surface area contributed by atoms with Crippen molar-refractivity contribution in [3.8, 4) is 17.0 Å². The molecular weight excluding hydrogens is 560 g/mol. The second kappa shape index (κ2) is 11.1. The molecule has 1 atom stereocenters. The molecule has 1 aromatic carbocycles. The van der Waals surface area contributed by atoms with Crippen LogP contribution in [0.15, 0.2) is 28.9 Å². The highest BCUT2D eigenvalue weighted by atomic mass is 79.9. The fraction of sp³-hybridized carbons (Fsp3) is 0.533. The number of pyridine rings is 1. The average molecular weight is 600 g/mol. The monoisotopic (exact) mass is 598 g/mol. The lowest BCUT2D eigenvalue weighted by Gasteiger charge is -2.34. The van der Waals surface area contributed by atoms with Crippen LogP contribution in [0.1, 0.15) is 45.1 Å². The highest BCUT2D eigenvalue weighted by Crippen LogP contribution is 2.46. The normalized spacial score (nSPS) is 16.8. The van der Waals surface area contributed by atoms with E-state index in [2.05, 4.69) is 70.2 Å². The number of likely N-dealkylation sites (N-methyl/N-ethyl adjacent to an activating group) is 1. The maximum absolute atomic E-state index is 11.7. The molecule has 4 heterocycles. The molecule has 0 N–H and O–H groups in total. The predicted octanol–water partition coefficient (Wildman–Crippen LogP) is 5.45. The summed E-state index contributed by atoms with van der Waals surface area (Å²) in [5, 5.41) is 1.14. The molecule has 1 fully saturated rings. The van der Waals surface area contributed by atoms with Gasteiger partial charge in [0.15, 0.2) is 0 Å². The highest BCUT2D eigenvalue weighted by Gasteiger charge is 2.32. The second-order valence-electron chi connectivity index (χ2n) is 11.5. The number of anilines is 1. The van der Waals surface area contributed by atoms with Gasteiger partial charge in [-0.05, 0) is 44.2 Å². The van der Waals surface area contributed by atoms with E-state index in [-0.39, 0.29) is 17.5 Å². The average Bonchev–Trinajstić information content (AvgIpc) is 3.20. The number of nitrogens with zero attached hydrogens (tertiary/aromatic N) is 4. The molecule has 0 aliphatic carbocycles. The van der Waals surface area contributed by atoms with Gasteiger partial charge in [-0.3, -0.25) is 9.78 Å². The molecule has 0 saturated carbocycles. The van der Waals surface area contributed by atoms with Gasteiger partial charge in [-0.25, -0.2) is 0 Å². The Morgan fingerprint density at radius 3 is 2.62 bits per heavy atom. The molecule has 0 unspecified atom stereocenters. The number of benzene rings is 1. The van der Waals surface area contributed by atoms with E-state index in [9.17, 15) is 4.79 Å². The number of aromatic nitrogens is 2. The zero-order valence-electron chi connectivity index (χ0n) is 23.8. The first-order valence-electron chi connectivity index (χ1n) is 13.7. The zero-order valence-corrected chi connectivity index (χ0v) is 25.4. The van der Waals surface area contributed by atoms with E-state index in [1.807, 2.05) is 12.3 Å². The summed E-state index contributed by atoms with van der Waals surface area (Å²) in [5.74, 6) is 0.614. The van der Waals surface area contributed by atoms with E-state index in [0.717, 1.165) is 76.5 Å². The van der Waals surface area contributed by atoms with Crippen LogP contribution in [-0.2, 0) is 27.2 Å². The van der Waals surface area contributed by atoms with E-state index < -0.39 is 0 Å². The highest BCUT2D eigenvalue weighted by molar-refractivity contribution is 9.10. The van der Waals surface area contributed by atoms with Crippen molar-refractivity contribution in [2.75, 3.05) is 58.5 Å². The van der Waals surface area contributed by atoms with Crippen molar-refractivity contribution in [3.05, 3.63) is 40.1 Å². The second-order valence-corrected chi connectivity index (χ2v) is 12.5. The zero-order chi connectivity index (χ0) is 27.9. The smallest absolute Gasteiger partial charge is 0.302 e. The third-order valence-corrected chi connectivity index (χ3v) is 8.31. The summed E-state index contributed by atoms with van der Waals surface area (Å²) in [6.07, 6.45) is 2.53. The maximum atomic E-state index is 11.7. The summed E-state index contributed by atoms with van der Waals surface area (Å²) in [7, 11) is 3.90. The molecule has 0 bridgehead atoms. The minimum Gasteiger partial charge on any atom is -0.489 e. The number of carbonyl (C=O) groups excluding carboxylic acids is 1. The molecule has 8 nitrogen and oxygen atoms in total. The summed E-state index contributed by atoms with van der Waals surface area (Å²) >= 11 is 3.72. The van der Waals surface area contributed by atoms with E-state index >= 15 is 0 Å². The Bertz CT molecular complexity index is 1380. The first-order valence-corrected chi connectivity index (χ1v) is 14.4. The van der Waals surface area contributed by atoms with Crippen LogP contribution in [0.25, 0.3) is 22.2 Å². The van der Waals surface area contributed by atoms with Gasteiger partial charge in [-0.15, -0.1) is 0 Å². The fourth-order valence-corrected chi connectivity index (χ4v) is 6.14. The van der Waals surface area contributed by atoms with Gasteiger partial charge in [0, 0.05) is 61.0 Å². The van der Waals surface area contributed by atoms with Gasteiger partial charge in [0.1, 0.15) is 12.4 Å². The summed E-state index contributed by atoms with van der Waals surface area (Å²) in [6, 6.07) is 6.53. The van der Waals surface area contributed by atoms with Gasteiger partial charge in [0.05, 0.1) is 48.0 Å². The Balaban J connectivity index is 1.74. The van der Waals surface area contributed by atoms with Crippen LogP contribution in [0.4, 0.5) is 5.69 Å². The summed E-state index contributed by atoms with van der Waals surface area (Å²) in [5.41, 5.74) is 6.29. The van der Waals surface area contributed by atoms with Crippen molar-refractivity contribution in [2.45, 2.75) is 46.8 Å². The molecular formula is C30H39BrN4O4. The van der Waals surface area contributed by atoms with Crippen LogP contribution in [-0.4, -0.2) is 74.0 Å². The molecule has 2 aliphatic rings. The van der Waals surface area contributed by atoms with Crippen LogP contribution in [0.5, 0.6) is 5.75 Å². The van der Waals surface area contributed by atoms with Gasteiger partial charge in [0.25, 0.3) is 0 Å². The number of rotatable bonds is 8. The van der Waals surface area contributed by atoms with Crippen LogP contribution in [0, 0.1) is 5.41 Å². The quantitative estimate of drug-likeness (QED) is 0.319. The minimum atomic E-state index is -0.285. The number of hydrogen-bond donors (Lipinski definition) is 0. The standard InChI is InChI=1S/C30H39BrN4O4/c1-19(37-6)27-24(15-22(17-32-27)34-9-7-33(5)8-10-34)28-25(16-30(3,4)18-39-20(2)36)23-13-21(31)14-26-29(23)35(28)11-12-38-26/h13-15,17,19H,7-12,16,18H2,1-6H3/t19-/m0/s1. The summed E-state index contributed by atoms with van der Waals surface area (Å²) in [6.45, 7) is 13.5. The van der Waals surface area contributed by atoms with E-state index in [1.54, 1.807) is 7.11 Å². The number of ether oxygens (including phenoxy) is 3. The summed E-state index contributed by atoms with van der Waals surface area (Å²) in [4.78, 5) is 21.5.